The van der Waals surface area contributed by atoms with E-state index in [0.717, 1.165) is 24.8 Å². The van der Waals surface area contributed by atoms with Crippen molar-refractivity contribution in [2.45, 2.75) is 38.1 Å². The summed E-state index contributed by atoms with van der Waals surface area (Å²) < 4.78 is 47.3. The molecule has 1 saturated carbocycles. The van der Waals surface area contributed by atoms with Crippen molar-refractivity contribution in [2.75, 3.05) is 25.2 Å². The van der Waals surface area contributed by atoms with Crippen LogP contribution < -0.4 is 10.1 Å². The molecule has 0 atom stereocenters. The second-order valence-electron chi connectivity index (χ2n) is 7.48. The third-order valence-electron chi connectivity index (χ3n) is 5.01. The van der Waals surface area contributed by atoms with Crippen LogP contribution in [0, 0.1) is 0 Å². The Morgan fingerprint density at radius 3 is 2.73 bits per heavy atom. The Morgan fingerprint density at radius 2 is 2.10 bits per heavy atom. The summed E-state index contributed by atoms with van der Waals surface area (Å²) in [6.07, 6.45) is -0.490. The van der Waals surface area contributed by atoms with Gasteiger partial charge in [-0.3, -0.25) is 4.79 Å². The predicted molar refractivity (Wildman–Crippen MR) is 103 cm³/mol. The van der Waals surface area contributed by atoms with E-state index in [1.165, 1.54) is 18.3 Å². The summed E-state index contributed by atoms with van der Waals surface area (Å²) in [6, 6.07) is 8.07. The number of pyridine rings is 1. The Labute approximate surface area is 172 Å². The Hall–Kier alpha value is -2.81. The highest BCUT2D eigenvalue weighted by Gasteiger charge is 2.32. The van der Waals surface area contributed by atoms with Crippen LogP contribution in [0.25, 0.3) is 0 Å². The predicted octanol–water partition coefficient (Wildman–Crippen LogP) is 4.29. The maximum atomic E-state index is 12.6. The third kappa shape index (κ3) is 5.41. The second-order valence-corrected chi connectivity index (χ2v) is 7.48. The van der Waals surface area contributed by atoms with E-state index in [4.69, 9.17) is 4.74 Å². The van der Waals surface area contributed by atoms with Crippen molar-refractivity contribution < 1.29 is 27.4 Å². The fraction of sp³-hybridized carbons (Fsp3) is 0.429. The average Bonchev–Trinajstić information content (AvgIpc) is 3.57. The minimum atomic E-state index is -4.73. The lowest BCUT2D eigenvalue weighted by atomic mass is 10.1. The van der Waals surface area contributed by atoms with Gasteiger partial charge in [-0.15, -0.1) is 13.2 Å². The average molecular weight is 421 g/mol. The Bertz CT molecular complexity index is 893. The highest BCUT2D eigenvalue weighted by Crippen LogP contribution is 2.42. The highest BCUT2D eigenvalue weighted by atomic mass is 19.4. The summed E-state index contributed by atoms with van der Waals surface area (Å²) in [5, 5.41) is 3.09. The van der Waals surface area contributed by atoms with Crippen LogP contribution in [-0.4, -0.2) is 42.0 Å². The van der Waals surface area contributed by atoms with Gasteiger partial charge in [-0.05, 0) is 60.6 Å². The molecule has 2 aromatic rings. The van der Waals surface area contributed by atoms with Gasteiger partial charge in [0.15, 0.2) is 0 Å². The number of ether oxygens (including phenoxy) is 2. The van der Waals surface area contributed by atoms with E-state index in [1.54, 1.807) is 17.0 Å². The van der Waals surface area contributed by atoms with E-state index in [9.17, 15) is 18.0 Å². The number of aromatic nitrogens is 1. The first kappa shape index (κ1) is 20.5. The van der Waals surface area contributed by atoms with Crippen LogP contribution in [0.2, 0.25) is 0 Å². The number of nitrogens with one attached hydrogen (secondary N) is 1. The molecular weight excluding hydrogens is 399 g/mol. The summed E-state index contributed by atoms with van der Waals surface area (Å²) in [4.78, 5) is 18.3. The van der Waals surface area contributed by atoms with Crippen molar-refractivity contribution in [3.05, 3.63) is 53.2 Å². The largest absolute Gasteiger partial charge is 0.573 e. The van der Waals surface area contributed by atoms with Crippen molar-refractivity contribution in [3.63, 3.8) is 0 Å². The van der Waals surface area contributed by atoms with E-state index in [-0.39, 0.29) is 24.9 Å². The molecule has 2 fully saturated rings. The first-order chi connectivity index (χ1) is 14.4. The molecule has 0 radical (unpaired) electrons. The van der Waals surface area contributed by atoms with E-state index < -0.39 is 6.36 Å². The molecule has 1 aliphatic carbocycles. The summed E-state index contributed by atoms with van der Waals surface area (Å²) >= 11 is 0. The Morgan fingerprint density at radius 1 is 1.27 bits per heavy atom. The lowest BCUT2D eigenvalue weighted by Crippen LogP contribution is -2.38. The fourth-order valence-electron chi connectivity index (χ4n) is 3.39. The maximum absolute atomic E-state index is 12.6. The molecule has 1 aromatic heterocycles. The van der Waals surface area contributed by atoms with Crippen molar-refractivity contribution in [1.82, 2.24) is 9.88 Å². The zero-order valence-electron chi connectivity index (χ0n) is 16.2. The Kier molecular flexibility index (Phi) is 5.80. The molecule has 1 N–H and O–H groups in total. The van der Waals surface area contributed by atoms with Crippen molar-refractivity contribution >= 4 is 11.7 Å². The van der Waals surface area contributed by atoms with Crippen LogP contribution in [0.1, 0.15) is 46.7 Å². The molecular formula is C21H22F3N3O3. The summed E-state index contributed by atoms with van der Waals surface area (Å²) in [5.74, 6) is 0.473. The van der Waals surface area contributed by atoms with Gasteiger partial charge in [-0.25, -0.2) is 4.98 Å². The number of rotatable bonds is 6. The van der Waals surface area contributed by atoms with Gasteiger partial charge in [-0.1, -0.05) is 6.07 Å². The molecule has 160 valence electrons. The minimum absolute atomic E-state index is 0.139. The quantitative estimate of drug-likeness (QED) is 0.754. The topological polar surface area (TPSA) is 63.7 Å². The molecule has 30 heavy (non-hydrogen) atoms. The van der Waals surface area contributed by atoms with Crippen LogP contribution in [0.15, 0.2) is 36.5 Å². The molecule has 0 bridgehead atoms. The molecule has 9 heteroatoms. The number of nitrogens with zero attached hydrogens (tertiary/aromatic N) is 2. The molecule has 1 amide bonds. The minimum Gasteiger partial charge on any atom is -0.406 e. The van der Waals surface area contributed by atoms with Crippen molar-refractivity contribution in [2.24, 2.45) is 0 Å². The normalized spacial score (nSPS) is 17.0. The molecule has 2 heterocycles. The lowest BCUT2D eigenvalue weighted by molar-refractivity contribution is -0.274. The van der Waals surface area contributed by atoms with E-state index in [0.29, 0.717) is 36.0 Å². The number of hydrogen-bond acceptors (Lipinski definition) is 5. The van der Waals surface area contributed by atoms with Gasteiger partial charge < -0.3 is 19.7 Å². The zero-order chi connectivity index (χ0) is 21.1. The Balaban J connectivity index is 1.41. The molecule has 0 unspecified atom stereocenters. The van der Waals surface area contributed by atoms with Gasteiger partial charge >= 0.3 is 6.36 Å². The van der Waals surface area contributed by atoms with Crippen molar-refractivity contribution in [1.29, 1.82) is 0 Å². The monoisotopic (exact) mass is 421 g/mol. The molecule has 4 rings (SSSR count). The molecule has 2 aliphatic rings. The van der Waals surface area contributed by atoms with Crippen LogP contribution in [-0.2, 0) is 11.3 Å². The summed E-state index contributed by atoms with van der Waals surface area (Å²) in [6.45, 7) is 1.87. The molecule has 1 saturated heterocycles. The number of benzene rings is 1. The number of alkyl halides is 3. The zero-order valence-corrected chi connectivity index (χ0v) is 16.2. The lowest BCUT2D eigenvalue weighted by Gasteiger charge is -2.26. The van der Waals surface area contributed by atoms with E-state index in [1.807, 2.05) is 6.07 Å². The number of carbonyl (C=O) groups is 1. The molecule has 1 aliphatic heterocycles. The first-order valence-electron chi connectivity index (χ1n) is 9.84. The van der Waals surface area contributed by atoms with E-state index >= 15 is 0 Å². The van der Waals surface area contributed by atoms with Gasteiger partial charge in [0.2, 0.25) is 0 Å². The van der Waals surface area contributed by atoms with Crippen LogP contribution >= 0.6 is 0 Å². The number of carbonyl (C=O) groups excluding carboxylic acids is 1. The van der Waals surface area contributed by atoms with Crippen LogP contribution in [0.3, 0.4) is 0 Å². The number of halogens is 3. The highest BCUT2D eigenvalue weighted by molar-refractivity contribution is 5.94. The van der Waals surface area contributed by atoms with Gasteiger partial charge in [0, 0.05) is 19.3 Å². The third-order valence-corrected chi connectivity index (χ3v) is 5.01. The van der Waals surface area contributed by atoms with Gasteiger partial charge in [0.1, 0.15) is 18.3 Å². The van der Waals surface area contributed by atoms with Gasteiger partial charge in [0.05, 0.1) is 12.2 Å². The maximum Gasteiger partial charge on any atom is 0.573 e. The first-order valence-corrected chi connectivity index (χ1v) is 9.84. The van der Waals surface area contributed by atoms with Crippen LogP contribution in [0.5, 0.6) is 5.75 Å². The molecule has 0 spiro atoms. The van der Waals surface area contributed by atoms with E-state index in [2.05, 4.69) is 15.0 Å². The number of amides is 1. The SMILES string of the molecule is O=C(c1ccc(NCc2cc(OC(F)(F)F)cc(C3CC3)c2)nc1)N1CCCOC1. The second kappa shape index (κ2) is 8.51. The van der Waals surface area contributed by atoms with Gasteiger partial charge in [0.25, 0.3) is 5.91 Å². The summed E-state index contributed by atoms with van der Waals surface area (Å²) in [5.41, 5.74) is 1.99. The van der Waals surface area contributed by atoms with Crippen LogP contribution in [0.4, 0.5) is 19.0 Å². The smallest absolute Gasteiger partial charge is 0.406 e. The molecule has 1 aromatic carbocycles. The number of anilines is 1. The number of hydrogen-bond donors (Lipinski definition) is 1. The standard InChI is InChI=1S/C21H22F3N3O3/c22-21(23,24)30-18-9-14(8-17(10-18)15-2-3-15)11-25-19-5-4-16(12-26-19)20(28)27-6-1-7-29-13-27/h4-5,8-10,12,15H,1-3,6-7,11,13H2,(H,25,26). The summed E-state index contributed by atoms with van der Waals surface area (Å²) in [7, 11) is 0. The van der Waals surface area contributed by atoms with Crippen molar-refractivity contribution in [3.8, 4) is 5.75 Å². The van der Waals surface area contributed by atoms with Gasteiger partial charge in [-0.2, -0.15) is 0 Å². The molecule has 6 nitrogen and oxygen atoms in total. The fourth-order valence-corrected chi connectivity index (χ4v) is 3.39.